The zero-order valence-corrected chi connectivity index (χ0v) is 13.3. The predicted molar refractivity (Wildman–Crippen MR) is 85.8 cm³/mol. The molecular formula is C16H17FN6O. The normalized spacial score (nSPS) is 12.1. The Labute approximate surface area is 138 Å². The summed E-state index contributed by atoms with van der Waals surface area (Å²) in [5.74, 6) is -0.407. The number of carbonyl (C=O) groups excluding carboxylic acids is 1. The number of benzene rings is 1. The fraction of sp³-hybridized carbons (Fsp3) is 0.250. The number of hydrogen-bond donors (Lipinski definition) is 1. The lowest BCUT2D eigenvalue weighted by molar-refractivity contribution is -0.119. The van der Waals surface area contributed by atoms with Crippen molar-refractivity contribution >= 4 is 11.9 Å². The number of hydrogen-bond acceptors (Lipinski definition) is 4. The van der Waals surface area contributed by atoms with Crippen molar-refractivity contribution in [2.75, 3.05) is 5.32 Å². The lowest BCUT2D eigenvalue weighted by Gasteiger charge is -2.10. The summed E-state index contributed by atoms with van der Waals surface area (Å²) < 4.78 is 16.7. The highest BCUT2D eigenvalue weighted by atomic mass is 19.1. The van der Waals surface area contributed by atoms with Gasteiger partial charge in [-0.3, -0.25) is 14.8 Å². The first-order valence-electron chi connectivity index (χ1n) is 7.48. The topological polar surface area (TPSA) is 77.6 Å². The molecule has 2 aromatic heterocycles. The van der Waals surface area contributed by atoms with Crippen molar-refractivity contribution < 1.29 is 9.18 Å². The molecule has 1 amide bonds. The number of halogens is 1. The van der Waals surface area contributed by atoms with E-state index in [1.165, 1.54) is 17.1 Å². The van der Waals surface area contributed by atoms with Gasteiger partial charge in [0.15, 0.2) is 0 Å². The van der Waals surface area contributed by atoms with E-state index in [2.05, 4.69) is 20.5 Å². The van der Waals surface area contributed by atoms with Crippen LogP contribution in [0.5, 0.6) is 0 Å². The smallest absolute Gasteiger partial charge is 0.251 e. The van der Waals surface area contributed by atoms with Crippen LogP contribution in [0.3, 0.4) is 0 Å². The standard InChI is InChI=1S/C16H17FN6O/c1-11-7-8-23(20-11)12(2)15(24)19-16-18-10-22(21-16)9-13-5-3-4-6-14(13)17/h3-8,10,12H,9H2,1-2H3,(H,19,21,24). The minimum Gasteiger partial charge on any atom is -0.291 e. The van der Waals surface area contributed by atoms with E-state index >= 15 is 0 Å². The molecule has 7 nitrogen and oxygen atoms in total. The number of rotatable bonds is 5. The summed E-state index contributed by atoms with van der Waals surface area (Å²) in [4.78, 5) is 16.3. The highest BCUT2D eigenvalue weighted by molar-refractivity contribution is 5.91. The molecule has 0 bridgehead atoms. The van der Waals surface area contributed by atoms with Gasteiger partial charge in [-0.15, -0.1) is 5.10 Å². The van der Waals surface area contributed by atoms with E-state index in [1.807, 2.05) is 13.0 Å². The van der Waals surface area contributed by atoms with Gasteiger partial charge in [0.2, 0.25) is 5.95 Å². The van der Waals surface area contributed by atoms with Crippen LogP contribution in [0.1, 0.15) is 24.2 Å². The molecule has 8 heteroatoms. The number of nitrogens with zero attached hydrogens (tertiary/aromatic N) is 5. The van der Waals surface area contributed by atoms with Crippen LogP contribution < -0.4 is 5.32 Å². The average molecular weight is 328 g/mol. The molecule has 0 aliphatic carbocycles. The van der Waals surface area contributed by atoms with Gasteiger partial charge in [-0.1, -0.05) is 18.2 Å². The van der Waals surface area contributed by atoms with Gasteiger partial charge in [-0.2, -0.15) is 5.10 Å². The molecule has 0 radical (unpaired) electrons. The molecule has 1 aromatic carbocycles. The molecule has 24 heavy (non-hydrogen) atoms. The molecule has 0 saturated carbocycles. The van der Waals surface area contributed by atoms with Crippen LogP contribution in [0.15, 0.2) is 42.9 Å². The van der Waals surface area contributed by atoms with Crippen LogP contribution >= 0.6 is 0 Å². The zero-order chi connectivity index (χ0) is 17.1. The second-order valence-corrected chi connectivity index (χ2v) is 5.46. The van der Waals surface area contributed by atoms with E-state index in [1.54, 1.807) is 36.0 Å². The summed E-state index contributed by atoms with van der Waals surface area (Å²) in [7, 11) is 0. The Balaban J connectivity index is 1.65. The third-order valence-corrected chi connectivity index (χ3v) is 3.58. The second-order valence-electron chi connectivity index (χ2n) is 5.46. The van der Waals surface area contributed by atoms with E-state index in [-0.39, 0.29) is 24.2 Å². The van der Waals surface area contributed by atoms with E-state index in [0.29, 0.717) is 5.56 Å². The van der Waals surface area contributed by atoms with Crippen LogP contribution in [0.25, 0.3) is 0 Å². The minimum absolute atomic E-state index is 0.173. The highest BCUT2D eigenvalue weighted by Crippen LogP contribution is 2.11. The molecule has 3 aromatic rings. The number of anilines is 1. The molecule has 0 aliphatic rings. The number of nitrogens with one attached hydrogen (secondary N) is 1. The molecule has 3 rings (SSSR count). The van der Waals surface area contributed by atoms with Crippen molar-refractivity contribution in [3.8, 4) is 0 Å². The molecule has 2 heterocycles. The lowest BCUT2D eigenvalue weighted by Crippen LogP contribution is -2.24. The number of aromatic nitrogens is 5. The highest BCUT2D eigenvalue weighted by Gasteiger charge is 2.17. The van der Waals surface area contributed by atoms with Gasteiger partial charge in [-0.05, 0) is 26.0 Å². The van der Waals surface area contributed by atoms with Gasteiger partial charge in [-0.25, -0.2) is 14.1 Å². The fourth-order valence-corrected chi connectivity index (χ4v) is 2.21. The lowest BCUT2D eigenvalue weighted by atomic mass is 10.2. The third kappa shape index (κ3) is 3.48. The molecule has 124 valence electrons. The van der Waals surface area contributed by atoms with Gasteiger partial charge in [0.25, 0.3) is 5.91 Å². The van der Waals surface area contributed by atoms with E-state index in [9.17, 15) is 9.18 Å². The van der Waals surface area contributed by atoms with Crippen LogP contribution in [-0.4, -0.2) is 30.5 Å². The van der Waals surface area contributed by atoms with Crippen molar-refractivity contribution in [1.82, 2.24) is 24.5 Å². The maximum Gasteiger partial charge on any atom is 0.251 e. The largest absolute Gasteiger partial charge is 0.291 e. The average Bonchev–Trinajstić information content (AvgIpc) is 3.18. The number of aryl methyl sites for hydroxylation is 1. The Morgan fingerprint density at radius 2 is 2.08 bits per heavy atom. The van der Waals surface area contributed by atoms with Crippen molar-refractivity contribution in [3.05, 3.63) is 59.9 Å². The third-order valence-electron chi connectivity index (χ3n) is 3.58. The Morgan fingerprint density at radius 3 is 2.79 bits per heavy atom. The van der Waals surface area contributed by atoms with Crippen molar-refractivity contribution in [2.24, 2.45) is 0 Å². The van der Waals surface area contributed by atoms with Crippen LogP contribution in [0, 0.1) is 12.7 Å². The molecule has 1 N–H and O–H groups in total. The SMILES string of the molecule is Cc1ccn(C(C)C(=O)Nc2ncn(Cc3ccccc3F)n2)n1. The quantitative estimate of drug-likeness (QED) is 0.778. The number of amides is 1. The van der Waals surface area contributed by atoms with E-state index in [4.69, 9.17) is 0 Å². The summed E-state index contributed by atoms with van der Waals surface area (Å²) >= 11 is 0. The molecular weight excluding hydrogens is 311 g/mol. The Kier molecular flexibility index (Phi) is 4.37. The predicted octanol–water partition coefficient (Wildman–Crippen LogP) is 2.17. The van der Waals surface area contributed by atoms with Crippen LogP contribution in [-0.2, 0) is 11.3 Å². The molecule has 0 fully saturated rings. The van der Waals surface area contributed by atoms with Gasteiger partial charge in [0.1, 0.15) is 18.2 Å². The first-order valence-corrected chi connectivity index (χ1v) is 7.48. The first-order chi connectivity index (χ1) is 11.5. The van der Waals surface area contributed by atoms with Crippen LogP contribution in [0.2, 0.25) is 0 Å². The summed E-state index contributed by atoms with van der Waals surface area (Å²) in [6, 6.07) is 7.79. The minimum atomic E-state index is -0.489. The van der Waals surface area contributed by atoms with Gasteiger partial charge in [0.05, 0.1) is 12.2 Å². The molecule has 0 saturated heterocycles. The maximum atomic E-state index is 13.6. The van der Waals surface area contributed by atoms with Crippen LogP contribution in [0.4, 0.5) is 10.3 Å². The number of carbonyl (C=O) groups is 1. The van der Waals surface area contributed by atoms with Crippen molar-refractivity contribution in [3.63, 3.8) is 0 Å². The molecule has 0 aliphatic heterocycles. The summed E-state index contributed by atoms with van der Waals surface area (Å²) in [5.41, 5.74) is 1.34. The first kappa shape index (κ1) is 15.9. The van der Waals surface area contributed by atoms with Gasteiger partial charge in [0, 0.05) is 11.8 Å². The molecule has 1 unspecified atom stereocenters. The van der Waals surface area contributed by atoms with E-state index < -0.39 is 6.04 Å². The molecule has 1 atom stereocenters. The van der Waals surface area contributed by atoms with Gasteiger partial charge >= 0.3 is 0 Å². The van der Waals surface area contributed by atoms with Gasteiger partial charge < -0.3 is 0 Å². The second kappa shape index (κ2) is 6.61. The van der Waals surface area contributed by atoms with Crippen molar-refractivity contribution in [1.29, 1.82) is 0 Å². The molecule has 0 spiro atoms. The fourth-order valence-electron chi connectivity index (χ4n) is 2.21. The van der Waals surface area contributed by atoms with E-state index in [0.717, 1.165) is 5.69 Å². The summed E-state index contributed by atoms with van der Waals surface area (Å²) in [5, 5.41) is 11.0. The Bertz CT molecular complexity index is 856. The summed E-state index contributed by atoms with van der Waals surface area (Å²) in [6.45, 7) is 3.83. The Hall–Kier alpha value is -3.03. The maximum absolute atomic E-state index is 13.6. The Morgan fingerprint density at radius 1 is 1.29 bits per heavy atom. The zero-order valence-electron chi connectivity index (χ0n) is 13.3. The monoisotopic (exact) mass is 328 g/mol. The summed E-state index contributed by atoms with van der Waals surface area (Å²) in [6.07, 6.45) is 3.19. The van der Waals surface area contributed by atoms with Crippen molar-refractivity contribution in [2.45, 2.75) is 26.4 Å².